The molecule has 0 spiro atoms. The van der Waals surface area contributed by atoms with Crippen LogP contribution in [-0.4, -0.2) is 9.78 Å². The molecule has 0 saturated heterocycles. The zero-order chi connectivity index (χ0) is 8.43. The summed E-state index contributed by atoms with van der Waals surface area (Å²) < 4.78 is 1.36. The van der Waals surface area contributed by atoms with Gasteiger partial charge in [-0.15, -0.1) is 0 Å². The van der Waals surface area contributed by atoms with Gasteiger partial charge in [-0.25, -0.2) is 4.68 Å². The molecular formula is C8H12N2O. The lowest BCUT2D eigenvalue weighted by Crippen LogP contribution is -2.23. The highest BCUT2D eigenvalue weighted by atomic mass is 16.1. The second-order valence-electron chi connectivity index (χ2n) is 2.87. The molecule has 1 aromatic rings. The summed E-state index contributed by atoms with van der Waals surface area (Å²) in [6.45, 7) is 3.99. The van der Waals surface area contributed by atoms with E-state index in [2.05, 4.69) is 5.10 Å². The van der Waals surface area contributed by atoms with E-state index in [0.717, 1.165) is 5.56 Å². The fraction of sp³-hybridized carbons (Fsp3) is 0.500. The van der Waals surface area contributed by atoms with Crippen LogP contribution < -0.4 is 5.56 Å². The summed E-state index contributed by atoms with van der Waals surface area (Å²) in [6, 6.07) is 1.77. The molecule has 60 valence electrons. The van der Waals surface area contributed by atoms with E-state index in [0.29, 0.717) is 0 Å². The van der Waals surface area contributed by atoms with Crippen LogP contribution in [0.5, 0.6) is 0 Å². The van der Waals surface area contributed by atoms with Gasteiger partial charge in [-0.05, 0) is 12.0 Å². The Morgan fingerprint density at radius 2 is 2.18 bits per heavy atom. The predicted molar refractivity (Wildman–Crippen MR) is 43.6 cm³/mol. The molecule has 0 aliphatic rings. The summed E-state index contributed by atoms with van der Waals surface area (Å²) in [4.78, 5) is 11.3. The quantitative estimate of drug-likeness (QED) is 0.599. The molecule has 1 rings (SSSR count). The van der Waals surface area contributed by atoms with Crippen LogP contribution >= 0.6 is 0 Å². The topological polar surface area (TPSA) is 34.9 Å². The first kappa shape index (κ1) is 7.98. The van der Waals surface area contributed by atoms with E-state index in [1.807, 2.05) is 13.8 Å². The molecule has 0 unspecified atom stereocenters. The van der Waals surface area contributed by atoms with E-state index in [-0.39, 0.29) is 11.5 Å². The first-order valence-corrected chi connectivity index (χ1v) is 3.65. The highest BCUT2D eigenvalue weighted by Crippen LogP contribution is 2.06. The fourth-order valence-electron chi connectivity index (χ4n) is 0.964. The molecule has 0 aliphatic heterocycles. The van der Waals surface area contributed by atoms with Gasteiger partial charge >= 0.3 is 0 Å². The Bertz CT molecular complexity index is 301. The van der Waals surface area contributed by atoms with Crippen molar-refractivity contribution >= 4 is 0 Å². The molecule has 0 amide bonds. The average Bonchev–Trinajstić information content (AvgIpc) is 1.94. The van der Waals surface area contributed by atoms with Crippen molar-refractivity contribution in [3.63, 3.8) is 0 Å². The molecule has 0 radical (unpaired) electrons. The summed E-state index contributed by atoms with van der Waals surface area (Å²) in [7, 11) is 1.66. The maximum Gasteiger partial charge on any atom is 0.269 e. The van der Waals surface area contributed by atoms with Gasteiger partial charge in [-0.1, -0.05) is 13.8 Å². The van der Waals surface area contributed by atoms with Crippen LogP contribution in [0.3, 0.4) is 0 Å². The molecular weight excluding hydrogens is 140 g/mol. The molecule has 0 fully saturated rings. The highest BCUT2D eigenvalue weighted by molar-refractivity contribution is 5.10. The predicted octanol–water partition coefficient (Wildman–Crippen LogP) is 0.904. The Labute approximate surface area is 65.7 Å². The molecule has 0 saturated carbocycles. The second kappa shape index (κ2) is 2.86. The third-order valence-electron chi connectivity index (χ3n) is 1.66. The van der Waals surface area contributed by atoms with Gasteiger partial charge in [0.2, 0.25) is 0 Å². The van der Waals surface area contributed by atoms with Crippen LogP contribution in [-0.2, 0) is 7.05 Å². The molecule has 3 heteroatoms. The van der Waals surface area contributed by atoms with Crippen molar-refractivity contribution in [3.05, 3.63) is 28.2 Å². The van der Waals surface area contributed by atoms with Gasteiger partial charge in [0.25, 0.3) is 5.56 Å². The Kier molecular flexibility index (Phi) is 2.08. The Balaban J connectivity index is 3.28. The average molecular weight is 152 g/mol. The van der Waals surface area contributed by atoms with Gasteiger partial charge in [-0.3, -0.25) is 4.79 Å². The lowest BCUT2D eigenvalue weighted by atomic mass is 10.1. The largest absolute Gasteiger partial charge is 0.269 e. The zero-order valence-corrected chi connectivity index (χ0v) is 7.03. The monoisotopic (exact) mass is 152 g/mol. The van der Waals surface area contributed by atoms with Crippen LogP contribution in [0.4, 0.5) is 0 Å². The fourth-order valence-corrected chi connectivity index (χ4v) is 0.964. The van der Waals surface area contributed by atoms with Gasteiger partial charge in [0.1, 0.15) is 0 Å². The maximum absolute atomic E-state index is 11.3. The number of nitrogens with zero attached hydrogens (tertiary/aromatic N) is 2. The van der Waals surface area contributed by atoms with E-state index in [9.17, 15) is 4.79 Å². The molecule has 0 aromatic carbocycles. The number of rotatable bonds is 1. The smallest absolute Gasteiger partial charge is 0.268 e. The SMILES string of the molecule is CC(C)c1ccnn(C)c1=O. The van der Waals surface area contributed by atoms with E-state index in [4.69, 9.17) is 0 Å². The van der Waals surface area contributed by atoms with E-state index >= 15 is 0 Å². The molecule has 0 bridgehead atoms. The normalized spacial score (nSPS) is 10.5. The van der Waals surface area contributed by atoms with Crippen LogP contribution in [0.15, 0.2) is 17.1 Å². The molecule has 0 atom stereocenters. The maximum atomic E-state index is 11.3. The van der Waals surface area contributed by atoms with Crippen molar-refractivity contribution in [3.8, 4) is 0 Å². The van der Waals surface area contributed by atoms with Crippen LogP contribution in [0.1, 0.15) is 25.3 Å². The van der Waals surface area contributed by atoms with Crippen LogP contribution in [0, 0.1) is 0 Å². The first-order valence-electron chi connectivity index (χ1n) is 3.65. The summed E-state index contributed by atoms with van der Waals surface area (Å²) in [5.74, 6) is 0.275. The summed E-state index contributed by atoms with van der Waals surface area (Å²) in [5.41, 5.74) is 0.824. The summed E-state index contributed by atoms with van der Waals surface area (Å²) in [5, 5.41) is 3.83. The minimum atomic E-state index is 0.00231. The molecule has 3 nitrogen and oxygen atoms in total. The summed E-state index contributed by atoms with van der Waals surface area (Å²) >= 11 is 0. The zero-order valence-electron chi connectivity index (χ0n) is 7.03. The first-order chi connectivity index (χ1) is 5.13. The van der Waals surface area contributed by atoms with Crippen molar-refractivity contribution in [1.29, 1.82) is 0 Å². The van der Waals surface area contributed by atoms with Gasteiger partial charge in [0.05, 0.1) is 0 Å². The van der Waals surface area contributed by atoms with E-state index < -0.39 is 0 Å². The van der Waals surface area contributed by atoms with Crippen molar-refractivity contribution in [2.45, 2.75) is 19.8 Å². The third kappa shape index (κ3) is 1.48. The minimum Gasteiger partial charge on any atom is -0.268 e. The van der Waals surface area contributed by atoms with Gasteiger partial charge < -0.3 is 0 Å². The van der Waals surface area contributed by atoms with E-state index in [1.165, 1.54) is 4.68 Å². The standard InChI is InChI=1S/C8H12N2O/c1-6(2)7-4-5-9-10(3)8(7)11/h4-6H,1-3H3. The molecule has 11 heavy (non-hydrogen) atoms. The Hall–Kier alpha value is -1.12. The minimum absolute atomic E-state index is 0.00231. The summed E-state index contributed by atoms with van der Waals surface area (Å²) in [6.07, 6.45) is 1.65. The lowest BCUT2D eigenvalue weighted by Gasteiger charge is -2.03. The molecule has 0 N–H and O–H groups in total. The van der Waals surface area contributed by atoms with E-state index in [1.54, 1.807) is 19.3 Å². The van der Waals surface area contributed by atoms with Crippen molar-refractivity contribution in [2.24, 2.45) is 7.05 Å². The van der Waals surface area contributed by atoms with Gasteiger partial charge in [0.15, 0.2) is 0 Å². The number of hydrogen-bond donors (Lipinski definition) is 0. The number of hydrogen-bond acceptors (Lipinski definition) is 2. The molecule has 0 aliphatic carbocycles. The third-order valence-corrected chi connectivity index (χ3v) is 1.66. The van der Waals surface area contributed by atoms with Crippen molar-refractivity contribution in [2.75, 3.05) is 0 Å². The van der Waals surface area contributed by atoms with Gasteiger partial charge in [-0.2, -0.15) is 5.10 Å². The lowest BCUT2D eigenvalue weighted by molar-refractivity contribution is 0.678. The number of aromatic nitrogens is 2. The second-order valence-corrected chi connectivity index (χ2v) is 2.87. The molecule has 1 heterocycles. The number of aryl methyl sites for hydroxylation is 1. The highest BCUT2D eigenvalue weighted by Gasteiger charge is 2.04. The van der Waals surface area contributed by atoms with Crippen molar-refractivity contribution in [1.82, 2.24) is 9.78 Å². The molecule has 1 aromatic heterocycles. The van der Waals surface area contributed by atoms with Crippen LogP contribution in [0.2, 0.25) is 0 Å². The Morgan fingerprint density at radius 1 is 1.55 bits per heavy atom. The van der Waals surface area contributed by atoms with Crippen molar-refractivity contribution < 1.29 is 0 Å². The van der Waals surface area contributed by atoms with Gasteiger partial charge in [0, 0.05) is 18.8 Å². The van der Waals surface area contributed by atoms with Crippen LogP contribution in [0.25, 0.3) is 0 Å². The Morgan fingerprint density at radius 3 is 2.64 bits per heavy atom.